The fraction of sp³-hybridized carbons (Fsp3) is 0.278. The van der Waals surface area contributed by atoms with Gasteiger partial charge in [-0.05, 0) is 52.0 Å². The number of anilines is 1. The van der Waals surface area contributed by atoms with Gasteiger partial charge in [-0.2, -0.15) is 4.90 Å². The molecule has 2 rings (SSSR count). The molecular formula is C18H20N2O3. The SMILES string of the molecule is Cc1cccc(N(C(=O)OC(C)(C)C)C(=O)c2ccccc2)n1. The summed E-state index contributed by atoms with van der Waals surface area (Å²) in [6.07, 6.45) is -0.746. The minimum Gasteiger partial charge on any atom is -0.443 e. The van der Waals surface area contributed by atoms with E-state index in [1.165, 1.54) is 0 Å². The number of carbonyl (C=O) groups is 2. The van der Waals surface area contributed by atoms with E-state index in [0.717, 1.165) is 4.90 Å². The van der Waals surface area contributed by atoms with Crippen molar-refractivity contribution in [2.45, 2.75) is 33.3 Å². The standard InChI is InChI=1S/C18H20N2O3/c1-13-9-8-12-15(19-13)20(17(22)23-18(2,3)4)16(21)14-10-6-5-7-11-14/h5-12H,1-4H3. The molecule has 1 aromatic carbocycles. The van der Waals surface area contributed by atoms with Crippen LogP contribution >= 0.6 is 0 Å². The molecule has 0 radical (unpaired) electrons. The van der Waals surface area contributed by atoms with E-state index in [0.29, 0.717) is 11.3 Å². The molecule has 1 heterocycles. The molecule has 0 N–H and O–H groups in total. The van der Waals surface area contributed by atoms with Gasteiger partial charge < -0.3 is 4.74 Å². The van der Waals surface area contributed by atoms with Gasteiger partial charge in [-0.25, -0.2) is 9.78 Å². The maximum Gasteiger partial charge on any atom is 0.423 e. The zero-order valence-electron chi connectivity index (χ0n) is 13.7. The minimum atomic E-state index is -0.746. The third kappa shape index (κ3) is 4.39. The van der Waals surface area contributed by atoms with Crippen molar-refractivity contribution < 1.29 is 14.3 Å². The molecule has 0 spiro atoms. The molecule has 5 nitrogen and oxygen atoms in total. The lowest BCUT2D eigenvalue weighted by atomic mass is 10.2. The van der Waals surface area contributed by atoms with E-state index in [-0.39, 0.29) is 5.82 Å². The van der Waals surface area contributed by atoms with Crippen molar-refractivity contribution in [3.63, 3.8) is 0 Å². The molecular weight excluding hydrogens is 292 g/mol. The third-order valence-electron chi connectivity index (χ3n) is 2.90. The van der Waals surface area contributed by atoms with Crippen LogP contribution in [-0.2, 0) is 4.74 Å². The summed E-state index contributed by atoms with van der Waals surface area (Å²) >= 11 is 0. The number of aryl methyl sites for hydroxylation is 1. The first-order chi connectivity index (χ1) is 10.8. The summed E-state index contributed by atoms with van der Waals surface area (Å²) in [5.74, 6) is -0.231. The van der Waals surface area contributed by atoms with Crippen LogP contribution in [0.1, 0.15) is 36.8 Å². The van der Waals surface area contributed by atoms with E-state index in [2.05, 4.69) is 4.98 Å². The molecule has 0 saturated heterocycles. The molecule has 2 amide bonds. The van der Waals surface area contributed by atoms with Crippen LogP contribution in [0.25, 0.3) is 0 Å². The van der Waals surface area contributed by atoms with Crippen LogP contribution in [0.3, 0.4) is 0 Å². The maximum atomic E-state index is 12.8. The molecule has 5 heteroatoms. The Morgan fingerprint density at radius 3 is 2.22 bits per heavy atom. The summed E-state index contributed by atoms with van der Waals surface area (Å²) < 4.78 is 5.36. The average Bonchev–Trinajstić information content (AvgIpc) is 2.46. The molecule has 0 saturated carbocycles. The number of carbonyl (C=O) groups excluding carboxylic acids is 2. The minimum absolute atomic E-state index is 0.244. The highest BCUT2D eigenvalue weighted by Crippen LogP contribution is 2.19. The second-order valence-electron chi connectivity index (χ2n) is 6.12. The van der Waals surface area contributed by atoms with Gasteiger partial charge in [0.15, 0.2) is 0 Å². The molecule has 0 atom stereocenters. The molecule has 0 aliphatic carbocycles. The zero-order chi connectivity index (χ0) is 17.0. The van der Waals surface area contributed by atoms with Gasteiger partial charge in [0.25, 0.3) is 5.91 Å². The number of pyridine rings is 1. The van der Waals surface area contributed by atoms with Gasteiger partial charge in [-0.15, -0.1) is 0 Å². The van der Waals surface area contributed by atoms with Crippen molar-refractivity contribution in [2.75, 3.05) is 4.90 Å². The van der Waals surface area contributed by atoms with Gasteiger partial charge in [0, 0.05) is 11.3 Å². The van der Waals surface area contributed by atoms with Gasteiger partial charge in [0.1, 0.15) is 11.4 Å². The number of rotatable bonds is 2. The highest BCUT2D eigenvalue weighted by Gasteiger charge is 2.30. The molecule has 0 aliphatic rings. The molecule has 23 heavy (non-hydrogen) atoms. The Hall–Kier alpha value is -2.69. The van der Waals surface area contributed by atoms with Gasteiger partial charge >= 0.3 is 6.09 Å². The van der Waals surface area contributed by atoms with E-state index in [1.807, 2.05) is 0 Å². The predicted octanol–water partition coefficient (Wildman–Crippen LogP) is 3.97. The fourth-order valence-electron chi connectivity index (χ4n) is 1.95. The maximum absolute atomic E-state index is 12.8. The molecule has 0 fully saturated rings. The number of benzene rings is 1. The lowest BCUT2D eigenvalue weighted by Gasteiger charge is -2.25. The Labute approximate surface area is 135 Å². The number of amides is 2. The van der Waals surface area contributed by atoms with Crippen LogP contribution in [0.4, 0.5) is 10.6 Å². The predicted molar refractivity (Wildman–Crippen MR) is 88.5 cm³/mol. The van der Waals surface area contributed by atoms with Crippen LogP contribution in [0.15, 0.2) is 48.5 Å². The second kappa shape index (κ2) is 6.60. The lowest BCUT2D eigenvalue weighted by Crippen LogP contribution is -2.41. The first kappa shape index (κ1) is 16.7. The summed E-state index contributed by atoms with van der Waals surface area (Å²) in [5.41, 5.74) is 0.384. The van der Waals surface area contributed by atoms with Crippen LogP contribution < -0.4 is 4.90 Å². The first-order valence-electron chi connectivity index (χ1n) is 7.34. The Morgan fingerprint density at radius 2 is 1.65 bits per heavy atom. The van der Waals surface area contributed by atoms with Crippen LogP contribution in [0.5, 0.6) is 0 Å². The van der Waals surface area contributed by atoms with Crippen LogP contribution in [-0.4, -0.2) is 22.6 Å². The summed E-state index contributed by atoms with van der Waals surface area (Å²) in [7, 11) is 0. The fourth-order valence-corrected chi connectivity index (χ4v) is 1.95. The topological polar surface area (TPSA) is 59.5 Å². The number of nitrogens with zero attached hydrogens (tertiary/aromatic N) is 2. The van der Waals surface area contributed by atoms with Gasteiger partial charge in [-0.3, -0.25) is 4.79 Å². The first-order valence-corrected chi connectivity index (χ1v) is 7.34. The Morgan fingerprint density at radius 1 is 1.00 bits per heavy atom. The number of hydrogen-bond acceptors (Lipinski definition) is 4. The van der Waals surface area contributed by atoms with E-state index in [9.17, 15) is 9.59 Å². The highest BCUT2D eigenvalue weighted by molar-refractivity contribution is 6.18. The Kier molecular flexibility index (Phi) is 4.79. The monoisotopic (exact) mass is 312 g/mol. The summed E-state index contributed by atoms with van der Waals surface area (Å²) in [4.78, 5) is 30.5. The molecule has 120 valence electrons. The van der Waals surface area contributed by atoms with Crippen molar-refractivity contribution >= 4 is 17.8 Å². The van der Waals surface area contributed by atoms with Gasteiger partial charge in [0.2, 0.25) is 0 Å². The summed E-state index contributed by atoms with van der Waals surface area (Å²) in [6, 6.07) is 13.7. The number of imide groups is 1. The molecule has 0 aliphatic heterocycles. The lowest BCUT2D eigenvalue weighted by molar-refractivity contribution is 0.0563. The van der Waals surface area contributed by atoms with Crippen LogP contribution in [0.2, 0.25) is 0 Å². The van der Waals surface area contributed by atoms with Crippen LogP contribution in [0, 0.1) is 6.92 Å². The number of aromatic nitrogens is 1. The average molecular weight is 312 g/mol. The summed E-state index contributed by atoms with van der Waals surface area (Å²) in [6.45, 7) is 7.04. The van der Waals surface area contributed by atoms with Crippen molar-refractivity contribution in [2.24, 2.45) is 0 Å². The smallest absolute Gasteiger partial charge is 0.423 e. The number of ether oxygens (including phenoxy) is 1. The quantitative estimate of drug-likeness (QED) is 0.842. The Bertz CT molecular complexity index is 706. The normalized spacial score (nSPS) is 11.0. The van der Waals surface area contributed by atoms with Gasteiger partial charge in [0.05, 0.1) is 0 Å². The molecule has 2 aromatic rings. The van der Waals surface area contributed by atoms with Crippen molar-refractivity contribution in [1.82, 2.24) is 4.98 Å². The van der Waals surface area contributed by atoms with E-state index in [1.54, 1.807) is 76.2 Å². The van der Waals surface area contributed by atoms with Crippen molar-refractivity contribution in [3.8, 4) is 0 Å². The summed E-state index contributed by atoms with van der Waals surface area (Å²) in [5, 5.41) is 0. The van der Waals surface area contributed by atoms with E-state index >= 15 is 0 Å². The Balaban J connectivity index is 2.43. The van der Waals surface area contributed by atoms with Crippen molar-refractivity contribution in [1.29, 1.82) is 0 Å². The zero-order valence-corrected chi connectivity index (χ0v) is 13.7. The van der Waals surface area contributed by atoms with Crippen molar-refractivity contribution in [3.05, 3.63) is 59.8 Å². The van der Waals surface area contributed by atoms with E-state index < -0.39 is 17.6 Å². The largest absolute Gasteiger partial charge is 0.443 e. The molecule has 0 bridgehead atoms. The molecule has 0 unspecified atom stereocenters. The molecule has 1 aromatic heterocycles. The highest BCUT2D eigenvalue weighted by atomic mass is 16.6. The number of hydrogen-bond donors (Lipinski definition) is 0. The second-order valence-corrected chi connectivity index (χ2v) is 6.12. The van der Waals surface area contributed by atoms with Gasteiger partial charge in [-0.1, -0.05) is 24.3 Å². The third-order valence-corrected chi connectivity index (χ3v) is 2.90. The van der Waals surface area contributed by atoms with E-state index in [4.69, 9.17) is 4.74 Å².